The molecule has 0 bridgehead atoms. The predicted molar refractivity (Wildman–Crippen MR) is 147 cm³/mol. The van der Waals surface area contributed by atoms with Gasteiger partial charge in [-0.05, 0) is 28.8 Å². The van der Waals surface area contributed by atoms with Crippen molar-refractivity contribution in [3.63, 3.8) is 0 Å². The van der Waals surface area contributed by atoms with Gasteiger partial charge in [-0.3, -0.25) is 9.88 Å². The summed E-state index contributed by atoms with van der Waals surface area (Å²) in [6, 6.07) is 20.6. The third-order valence-corrected chi connectivity index (χ3v) is 6.69. The van der Waals surface area contributed by atoms with E-state index in [0.717, 1.165) is 54.9 Å². The zero-order chi connectivity index (χ0) is 26.5. The van der Waals surface area contributed by atoms with Crippen LogP contribution in [0.3, 0.4) is 0 Å². The zero-order valence-corrected chi connectivity index (χ0v) is 21.8. The number of nitrogens with zero attached hydrogens (tertiary/aromatic N) is 3. The van der Waals surface area contributed by atoms with Gasteiger partial charge in [-0.2, -0.15) is 5.26 Å². The van der Waals surface area contributed by atoms with Crippen molar-refractivity contribution in [2.75, 3.05) is 52.9 Å². The Labute approximate surface area is 222 Å². The Morgan fingerprint density at radius 1 is 0.947 bits per heavy atom. The summed E-state index contributed by atoms with van der Waals surface area (Å²) in [7, 11) is 4.70. The summed E-state index contributed by atoms with van der Waals surface area (Å²) in [5.41, 5.74) is 6.05. The molecule has 38 heavy (non-hydrogen) atoms. The number of anilines is 2. The van der Waals surface area contributed by atoms with Gasteiger partial charge in [0, 0.05) is 49.0 Å². The number of morpholine rings is 1. The highest BCUT2D eigenvalue weighted by Crippen LogP contribution is 2.41. The van der Waals surface area contributed by atoms with Crippen LogP contribution in [-0.4, -0.2) is 57.5 Å². The number of hydrogen-bond acceptors (Lipinski definition) is 8. The highest BCUT2D eigenvalue weighted by atomic mass is 16.5. The standard InChI is InChI=1S/C30H30N4O4/c1-35-27-15-24(16-28(36-2)30(27)37-3)33-29-23(17-31)18-32-26-14-22(7-8-25(26)29)21-6-4-5-20(13-21)19-34-9-11-38-12-10-34/h4-8,13-16,18H,9-12,19H2,1-3H3,(H,32,33). The molecule has 1 aliphatic rings. The number of pyridine rings is 1. The Balaban J connectivity index is 1.49. The fraction of sp³-hybridized carbons (Fsp3) is 0.267. The molecule has 1 saturated heterocycles. The van der Waals surface area contributed by atoms with Crippen molar-refractivity contribution in [3.05, 3.63) is 71.9 Å². The van der Waals surface area contributed by atoms with Crippen molar-refractivity contribution < 1.29 is 18.9 Å². The van der Waals surface area contributed by atoms with E-state index in [2.05, 4.69) is 57.7 Å². The molecule has 1 aliphatic heterocycles. The zero-order valence-electron chi connectivity index (χ0n) is 21.8. The summed E-state index contributed by atoms with van der Waals surface area (Å²) < 4.78 is 21.9. The van der Waals surface area contributed by atoms with Gasteiger partial charge >= 0.3 is 0 Å². The number of nitrogens with one attached hydrogen (secondary N) is 1. The number of hydrogen-bond donors (Lipinski definition) is 1. The van der Waals surface area contributed by atoms with E-state index in [1.807, 2.05) is 18.2 Å². The number of aromatic nitrogens is 1. The molecule has 4 aromatic rings. The Kier molecular flexibility index (Phi) is 7.59. The molecule has 0 radical (unpaired) electrons. The van der Waals surface area contributed by atoms with Gasteiger partial charge in [0.25, 0.3) is 0 Å². The van der Waals surface area contributed by atoms with Crippen LogP contribution in [0.15, 0.2) is 60.8 Å². The van der Waals surface area contributed by atoms with E-state index in [0.29, 0.717) is 34.2 Å². The summed E-state index contributed by atoms with van der Waals surface area (Å²) in [4.78, 5) is 7.01. The topological polar surface area (TPSA) is 88.9 Å². The molecule has 194 valence electrons. The first-order chi connectivity index (χ1) is 18.6. The molecular weight excluding hydrogens is 480 g/mol. The van der Waals surface area contributed by atoms with E-state index >= 15 is 0 Å². The van der Waals surface area contributed by atoms with E-state index in [-0.39, 0.29) is 0 Å². The fourth-order valence-corrected chi connectivity index (χ4v) is 4.76. The van der Waals surface area contributed by atoms with Crippen LogP contribution in [0, 0.1) is 11.3 Å². The van der Waals surface area contributed by atoms with Gasteiger partial charge in [0.1, 0.15) is 6.07 Å². The molecule has 3 aromatic carbocycles. The van der Waals surface area contributed by atoms with Crippen LogP contribution in [0.5, 0.6) is 17.2 Å². The number of rotatable bonds is 8. The molecule has 8 heteroatoms. The van der Waals surface area contributed by atoms with E-state index in [1.54, 1.807) is 27.5 Å². The van der Waals surface area contributed by atoms with E-state index in [4.69, 9.17) is 18.9 Å². The second-order valence-electron chi connectivity index (χ2n) is 9.02. The van der Waals surface area contributed by atoms with E-state index < -0.39 is 0 Å². The Morgan fingerprint density at radius 3 is 2.37 bits per heavy atom. The summed E-state index contributed by atoms with van der Waals surface area (Å²) in [6.07, 6.45) is 1.60. The molecule has 8 nitrogen and oxygen atoms in total. The lowest BCUT2D eigenvalue weighted by atomic mass is 10.00. The molecule has 0 amide bonds. The van der Waals surface area contributed by atoms with Crippen molar-refractivity contribution in [2.45, 2.75) is 6.54 Å². The smallest absolute Gasteiger partial charge is 0.203 e. The fourth-order valence-electron chi connectivity index (χ4n) is 4.76. The quantitative estimate of drug-likeness (QED) is 0.338. The maximum Gasteiger partial charge on any atom is 0.203 e. The highest BCUT2D eigenvalue weighted by Gasteiger charge is 2.16. The molecule has 1 aromatic heterocycles. The molecule has 0 atom stereocenters. The predicted octanol–water partition coefficient (Wildman–Crippen LogP) is 5.38. The number of methoxy groups -OCH3 is 3. The molecule has 1 N–H and O–H groups in total. The third kappa shape index (κ3) is 5.21. The molecular formula is C30H30N4O4. The van der Waals surface area contributed by atoms with Crippen molar-refractivity contribution in [1.29, 1.82) is 5.26 Å². The lowest BCUT2D eigenvalue weighted by Gasteiger charge is -2.26. The van der Waals surface area contributed by atoms with Crippen LogP contribution in [0.1, 0.15) is 11.1 Å². The Hall–Kier alpha value is -4.32. The van der Waals surface area contributed by atoms with Gasteiger partial charge < -0.3 is 24.3 Å². The SMILES string of the molecule is COc1cc(Nc2c(C#N)cnc3cc(-c4cccc(CN5CCOCC5)c4)ccc23)cc(OC)c1OC. The first-order valence-corrected chi connectivity index (χ1v) is 12.4. The minimum Gasteiger partial charge on any atom is -0.493 e. The van der Waals surface area contributed by atoms with Crippen molar-refractivity contribution in [2.24, 2.45) is 0 Å². The van der Waals surface area contributed by atoms with Crippen LogP contribution < -0.4 is 19.5 Å². The van der Waals surface area contributed by atoms with Crippen molar-refractivity contribution in [3.8, 4) is 34.4 Å². The normalized spacial score (nSPS) is 13.6. The average Bonchev–Trinajstić information content (AvgIpc) is 2.97. The van der Waals surface area contributed by atoms with Crippen LogP contribution in [0.2, 0.25) is 0 Å². The Morgan fingerprint density at radius 2 is 1.68 bits per heavy atom. The van der Waals surface area contributed by atoms with Gasteiger partial charge in [-0.1, -0.05) is 30.3 Å². The van der Waals surface area contributed by atoms with Gasteiger partial charge in [0.05, 0.1) is 51.3 Å². The van der Waals surface area contributed by atoms with Gasteiger partial charge in [-0.15, -0.1) is 0 Å². The van der Waals surface area contributed by atoms with Gasteiger partial charge in [0.2, 0.25) is 5.75 Å². The van der Waals surface area contributed by atoms with Crippen LogP contribution in [-0.2, 0) is 11.3 Å². The van der Waals surface area contributed by atoms with Crippen LogP contribution >= 0.6 is 0 Å². The maximum atomic E-state index is 9.83. The number of benzene rings is 3. The lowest BCUT2D eigenvalue weighted by molar-refractivity contribution is 0.0342. The van der Waals surface area contributed by atoms with Crippen LogP contribution in [0.25, 0.3) is 22.0 Å². The molecule has 1 fully saturated rings. The van der Waals surface area contributed by atoms with E-state index in [1.165, 1.54) is 5.56 Å². The Bertz CT molecular complexity index is 1470. The van der Waals surface area contributed by atoms with Crippen molar-refractivity contribution in [1.82, 2.24) is 9.88 Å². The third-order valence-electron chi connectivity index (χ3n) is 6.69. The second kappa shape index (κ2) is 11.4. The van der Waals surface area contributed by atoms with Crippen LogP contribution in [0.4, 0.5) is 11.4 Å². The highest BCUT2D eigenvalue weighted by molar-refractivity contribution is 5.98. The molecule has 0 aliphatic carbocycles. The number of ether oxygens (including phenoxy) is 4. The van der Waals surface area contributed by atoms with Gasteiger partial charge in [0.15, 0.2) is 11.5 Å². The first-order valence-electron chi connectivity index (χ1n) is 12.4. The van der Waals surface area contributed by atoms with Crippen molar-refractivity contribution >= 4 is 22.3 Å². The van der Waals surface area contributed by atoms with E-state index in [9.17, 15) is 5.26 Å². The molecule has 0 spiro atoms. The monoisotopic (exact) mass is 510 g/mol. The molecule has 0 saturated carbocycles. The average molecular weight is 511 g/mol. The number of fused-ring (bicyclic) bond motifs is 1. The van der Waals surface area contributed by atoms with Gasteiger partial charge in [-0.25, -0.2) is 0 Å². The minimum absolute atomic E-state index is 0.437. The largest absolute Gasteiger partial charge is 0.493 e. The second-order valence-corrected chi connectivity index (χ2v) is 9.02. The molecule has 5 rings (SSSR count). The summed E-state index contributed by atoms with van der Waals surface area (Å²) in [5.74, 6) is 1.54. The number of nitriles is 1. The summed E-state index contributed by atoms with van der Waals surface area (Å²) in [5, 5.41) is 14.1. The minimum atomic E-state index is 0.437. The lowest BCUT2D eigenvalue weighted by Crippen LogP contribution is -2.35. The maximum absolute atomic E-state index is 9.83. The summed E-state index contributed by atoms with van der Waals surface area (Å²) >= 11 is 0. The summed E-state index contributed by atoms with van der Waals surface area (Å²) in [6.45, 7) is 4.37. The molecule has 2 heterocycles. The first kappa shape index (κ1) is 25.3. The molecule has 0 unspecified atom stereocenters.